The standard InChI is InChI=1S/C53H53F7N8O7S2/c1-30-42(77-29-64-30)32-12-10-31(11-13-32)27-62-45(70)39-9-7-20-66(39)47(71)43(50(2,3)4)65-44(69)33-14-17-36(18-15-33)74-24-23-73-21-8-22-75-46-37(52(55,56)57)25-35(28-63-46)68-49(76)67(48(72)51(68,5)6)38-19-16-34(26-61)40(41(38)54)53(58,59)60/h10-19,25,28-29,39,43H,7-9,20-24,27H2,1-6H3,(H,62,70)(H,65,69)/t39-,43+/m0/s1. The van der Waals surface area contributed by atoms with Crippen LogP contribution in [0.4, 0.5) is 42.1 Å². The van der Waals surface area contributed by atoms with Gasteiger partial charge in [-0.05, 0) is 105 Å². The molecule has 2 aromatic heterocycles. The zero-order chi connectivity index (χ0) is 56.2. The molecule has 2 N–H and O–H groups in total. The molecule has 408 valence electrons. The van der Waals surface area contributed by atoms with Gasteiger partial charge >= 0.3 is 12.4 Å². The lowest BCUT2D eigenvalue weighted by atomic mass is 9.85. The van der Waals surface area contributed by atoms with Crippen LogP contribution in [-0.2, 0) is 38.0 Å². The monoisotopic (exact) mass is 1110 g/mol. The minimum Gasteiger partial charge on any atom is -0.491 e. The van der Waals surface area contributed by atoms with E-state index in [9.17, 15) is 45.5 Å². The van der Waals surface area contributed by atoms with E-state index in [1.54, 1.807) is 33.9 Å². The highest BCUT2D eigenvalue weighted by Crippen LogP contribution is 2.44. The van der Waals surface area contributed by atoms with Crippen molar-refractivity contribution < 1.29 is 64.1 Å². The van der Waals surface area contributed by atoms with Gasteiger partial charge < -0.3 is 34.6 Å². The Morgan fingerprint density at radius 3 is 2.26 bits per heavy atom. The summed E-state index contributed by atoms with van der Waals surface area (Å²) >= 11 is 6.91. The van der Waals surface area contributed by atoms with Crippen molar-refractivity contribution >= 4 is 63.7 Å². The average Bonchev–Trinajstić information content (AvgIpc) is 4.20. The number of likely N-dealkylation sites (tertiary alicyclic amines) is 1. The van der Waals surface area contributed by atoms with Crippen LogP contribution in [0.3, 0.4) is 0 Å². The van der Waals surface area contributed by atoms with Gasteiger partial charge in [0.2, 0.25) is 17.7 Å². The first-order chi connectivity index (χ1) is 36.2. The third-order valence-corrected chi connectivity index (χ3v) is 14.1. The van der Waals surface area contributed by atoms with E-state index in [0.29, 0.717) is 42.2 Å². The minimum absolute atomic E-state index is 0.0394. The fraction of sp³-hybridized carbons (Fsp3) is 0.396. The fourth-order valence-electron chi connectivity index (χ4n) is 8.78. The van der Waals surface area contributed by atoms with Crippen LogP contribution in [-0.4, -0.2) is 94.2 Å². The molecule has 77 heavy (non-hydrogen) atoms. The predicted molar refractivity (Wildman–Crippen MR) is 274 cm³/mol. The SMILES string of the molecule is Cc1ncsc1-c1ccc(CNC(=O)[C@@H]2CCCN2C(=O)[C@@H](NC(=O)c2ccc(OCCOCCCOc3ncc(N4C(=S)N(c5ccc(C#N)c(C(F)(F)F)c5F)C(=O)C4(C)C)cc3C(F)(F)F)cc2)C(C)(C)C)cc1. The lowest BCUT2D eigenvalue weighted by Crippen LogP contribution is -2.57. The maximum atomic E-state index is 15.4. The number of anilines is 2. The number of aryl methyl sites for hydroxylation is 1. The van der Waals surface area contributed by atoms with Gasteiger partial charge in [-0.15, -0.1) is 11.3 Å². The molecule has 0 unspecified atom stereocenters. The fourth-order valence-corrected chi connectivity index (χ4v) is 10.1. The van der Waals surface area contributed by atoms with Crippen LogP contribution in [0.15, 0.2) is 78.4 Å². The number of thiazole rings is 1. The lowest BCUT2D eigenvalue weighted by Gasteiger charge is -2.35. The number of nitrogens with zero attached hydrogens (tertiary/aromatic N) is 6. The molecule has 2 aliphatic heterocycles. The van der Waals surface area contributed by atoms with Crippen molar-refractivity contribution in [2.45, 2.75) is 97.3 Å². The van der Waals surface area contributed by atoms with Crippen molar-refractivity contribution in [2.75, 3.05) is 42.8 Å². The third-order valence-electron chi connectivity index (χ3n) is 12.8. The quantitative estimate of drug-likeness (QED) is 0.0483. The van der Waals surface area contributed by atoms with Crippen LogP contribution < -0.4 is 29.9 Å². The number of pyridine rings is 1. The van der Waals surface area contributed by atoms with Crippen molar-refractivity contribution in [3.8, 4) is 28.1 Å². The Labute approximate surface area is 448 Å². The van der Waals surface area contributed by atoms with Crippen LogP contribution >= 0.6 is 23.6 Å². The van der Waals surface area contributed by atoms with Gasteiger partial charge in [0, 0.05) is 31.7 Å². The molecule has 24 heteroatoms. The summed E-state index contributed by atoms with van der Waals surface area (Å²) in [6.07, 6.45) is -8.24. The summed E-state index contributed by atoms with van der Waals surface area (Å²) in [5.41, 5.74) is -3.31. The molecule has 5 aromatic rings. The molecule has 4 amide bonds. The van der Waals surface area contributed by atoms with Gasteiger partial charge in [-0.25, -0.2) is 14.4 Å². The number of thiocarbonyl (C=S) groups is 1. The Morgan fingerprint density at radius 2 is 1.64 bits per heavy atom. The van der Waals surface area contributed by atoms with E-state index in [4.69, 9.17) is 31.7 Å². The van der Waals surface area contributed by atoms with Crippen LogP contribution in [0.5, 0.6) is 11.6 Å². The molecule has 2 aliphatic rings. The highest BCUT2D eigenvalue weighted by atomic mass is 32.1. The van der Waals surface area contributed by atoms with Gasteiger partial charge in [-0.2, -0.15) is 31.6 Å². The van der Waals surface area contributed by atoms with Gasteiger partial charge in [0.05, 0.1) is 58.5 Å². The number of benzene rings is 3. The molecule has 0 radical (unpaired) electrons. The number of alkyl halides is 6. The Kier molecular flexibility index (Phi) is 17.3. The third kappa shape index (κ3) is 12.8. The summed E-state index contributed by atoms with van der Waals surface area (Å²) in [4.78, 5) is 66.7. The van der Waals surface area contributed by atoms with E-state index in [2.05, 4.69) is 20.6 Å². The maximum Gasteiger partial charge on any atom is 0.421 e. The van der Waals surface area contributed by atoms with Crippen LogP contribution in [0, 0.1) is 29.5 Å². The molecular weight excluding hydrogens is 1060 g/mol. The van der Waals surface area contributed by atoms with Crippen molar-refractivity contribution in [3.63, 3.8) is 0 Å². The van der Waals surface area contributed by atoms with Crippen LogP contribution in [0.2, 0.25) is 0 Å². The van der Waals surface area contributed by atoms with Crippen molar-refractivity contribution in [1.29, 1.82) is 5.26 Å². The van der Waals surface area contributed by atoms with Crippen molar-refractivity contribution in [1.82, 2.24) is 25.5 Å². The number of rotatable bonds is 18. The lowest BCUT2D eigenvalue weighted by molar-refractivity contribution is -0.142. The van der Waals surface area contributed by atoms with Gasteiger partial charge in [0.25, 0.3) is 11.8 Å². The second-order valence-corrected chi connectivity index (χ2v) is 20.8. The molecular formula is C53H53F7N8O7S2. The first-order valence-corrected chi connectivity index (χ1v) is 25.4. The molecule has 0 aliphatic carbocycles. The summed E-state index contributed by atoms with van der Waals surface area (Å²) in [5.74, 6) is -4.59. The van der Waals surface area contributed by atoms with E-state index in [1.807, 2.05) is 52.0 Å². The molecule has 7 rings (SSSR count). The number of carbonyl (C=O) groups is 4. The normalized spacial score (nSPS) is 16.1. The first kappa shape index (κ1) is 57.5. The van der Waals surface area contributed by atoms with E-state index in [0.717, 1.165) is 38.9 Å². The maximum absolute atomic E-state index is 15.4. The number of halogens is 7. The van der Waals surface area contributed by atoms with Crippen LogP contribution in [0.1, 0.15) is 92.2 Å². The van der Waals surface area contributed by atoms with Gasteiger partial charge in [-0.1, -0.05) is 45.0 Å². The predicted octanol–water partition coefficient (Wildman–Crippen LogP) is 9.79. The molecule has 15 nitrogen and oxygen atoms in total. The van der Waals surface area contributed by atoms with E-state index < -0.39 is 92.1 Å². The second-order valence-electron chi connectivity index (χ2n) is 19.6. The van der Waals surface area contributed by atoms with Crippen molar-refractivity contribution in [3.05, 3.63) is 118 Å². The van der Waals surface area contributed by atoms with Gasteiger partial charge in [0.15, 0.2) is 10.9 Å². The summed E-state index contributed by atoms with van der Waals surface area (Å²) in [5, 5.41) is 14.4. The van der Waals surface area contributed by atoms with Crippen LogP contribution in [0.25, 0.3) is 10.4 Å². The number of ether oxygens (including phenoxy) is 3. The zero-order valence-corrected chi connectivity index (χ0v) is 44.2. The number of carbonyl (C=O) groups excluding carboxylic acids is 4. The van der Waals surface area contributed by atoms with E-state index in [1.165, 1.54) is 32.0 Å². The Balaban J connectivity index is 0.867. The van der Waals surface area contributed by atoms with E-state index in [-0.39, 0.29) is 56.8 Å². The Morgan fingerprint density at radius 1 is 0.935 bits per heavy atom. The van der Waals surface area contributed by atoms with Crippen molar-refractivity contribution in [2.24, 2.45) is 5.41 Å². The zero-order valence-electron chi connectivity index (χ0n) is 42.5. The largest absolute Gasteiger partial charge is 0.491 e. The molecule has 4 heterocycles. The summed E-state index contributed by atoms with van der Waals surface area (Å²) in [6, 6.07) is 15.7. The summed E-state index contributed by atoms with van der Waals surface area (Å²) in [7, 11) is 0. The Hall–Kier alpha value is -7.23. The summed E-state index contributed by atoms with van der Waals surface area (Å²) in [6.45, 7) is 10.4. The number of nitrogens with one attached hydrogen (secondary N) is 2. The molecule has 2 atom stereocenters. The Bertz CT molecular complexity index is 3070. The molecule has 0 bridgehead atoms. The molecule has 2 saturated heterocycles. The number of hydrogen-bond acceptors (Lipinski definition) is 12. The molecule has 0 saturated carbocycles. The van der Waals surface area contributed by atoms with Gasteiger partial charge in [0.1, 0.15) is 41.1 Å². The second kappa shape index (κ2) is 23.2. The molecule has 2 fully saturated rings. The highest BCUT2D eigenvalue weighted by Gasteiger charge is 2.53. The average molecular weight is 1110 g/mol. The summed E-state index contributed by atoms with van der Waals surface area (Å²) < 4.78 is 117. The first-order valence-electron chi connectivity index (χ1n) is 24.1. The molecule has 0 spiro atoms. The number of hydrogen-bond donors (Lipinski definition) is 2. The van der Waals surface area contributed by atoms with Gasteiger partial charge in [-0.3, -0.25) is 24.1 Å². The molecule has 3 aromatic carbocycles. The number of nitriles is 1. The number of aromatic nitrogens is 2. The smallest absolute Gasteiger partial charge is 0.421 e. The van der Waals surface area contributed by atoms with E-state index >= 15 is 4.39 Å². The minimum atomic E-state index is -5.34. The topological polar surface area (TPSA) is 179 Å². The number of amides is 4. The highest BCUT2D eigenvalue weighted by molar-refractivity contribution is 7.81.